The second-order valence-electron chi connectivity index (χ2n) is 9.70. The van der Waals surface area contributed by atoms with Gasteiger partial charge in [0.1, 0.15) is 18.7 Å². The fraction of sp³-hybridized carbons (Fsp3) is 0.462. The lowest BCUT2D eigenvalue weighted by molar-refractivity contribution is -0.130. The van der Waals surface area contributed by atoms with Gasteiger partial charge in [-0.2, -0.15) is 0 Å². The number of benzene rings is 1. The van der Waals surface area contributed by atoms with Gasteiger partial charge in [0.2, 0.25) is 11.8 Å². The normalized spacial score (nSPS) is 13.4. The van der Waals surface area contributed by atoms with Crippen molar-refractivity contribution in [1.82, 2.24) is 20.9 Å². The highest BCUT2D eigenvalue weighted by atomic mass is 16.5. The molecule has 0 saturated heterocycles. The molecule has 2 aromatic rings. The summed E-state index contributed by atoms with van der Waals surface area (Å²) in [5.74, 6) is -2.21. The van der Waals surface area contributed by atoms with E-state index in [-0.39, 0.29) is 24.9 Å². The molecule has 1 heterocycles. The lowest BCUT2D eigenvalue weighted by Gasteiger charge is -2.27. The summed E-state index contributed by atoms with van der Waals surface area (Å²) in [6, 6.07) is 10.6. The molecule has 0 spiro atoms. The van der Waals surface area contributed by atoms with Gasteiger partial charge in [0.15, 0.2) is 0 Å². The molecule has 3 amide bonds. The van der Waals surface area contributed by atoms with Gasteiger partial charge in [-0.25, -0.2) is 4.79 Å². The third-order valence-corrected chi connectivity index (χ3v) is 5.70. The van der Waals surface area contributed by atoms with Gasteiger partial charge < -0.3 is 30.7 Å². The molecule has 1 aromatic heterocycles. The molecule has 11 heteroatoms. The Bertz CT molecular complexity index is 983. The van der Waals surface area contributed by atoms with E-state index in [1.807, 2.05) is 44.2 Å². The standard InChI is InChI=1S/C26H37BN4O6/c1-17(2)14-21(25(33)31-23(18(3)4)27(35)36)29-24(32)22(15-19-10-12-28-13-11-19)30-26(34)37-16-20-8-6-5-7-9-20/h5-13,17-18,21-23,35-36H,14-16H2,1-4H3,(H,29,32)(H,30,34)(H,31,33)/t21-,22?,23-/m0/s1. The summed E-state index contributed by atoms with van der Waals surface area (Å²) in [7, 11) is -1.75. The molecule has 200 valence electrons. The topological polar surface area (TPSA) is 150 Å². The van der Waals surface area contributed by atoms with Crippen LogP contribution in [0.2, 0.25) is 0 Å². The second kappa shape index (κ2) is 15.0. The molecule has 3 atom stereocenters. The molecule has 0 bridgehead atoms. The lowest BCUT2D eigenvalue weighted by atomic mass is 9.73. The van der Waals surface area contributed by atoms with E-state index in [4.69, 9.17) is 4.74 Å². The van der Waals surface area contributed by atoms with Crippen LogP contribution in [0.4, 0.5) is 4.79 Å². The van der Waals surface area contributed by atoms with Gasteiger partial charge in [-0.05, 0) is 41.5 Å². The molecule has 0 saturated carbocycles. The predicted octanol–water partition coefficient (Wildman–Crippen LogP) is 1.60. The van der Waals surface area contributed by atoms with Crippen molar-refractivity contribution in [3.05, 3.63) is 66.0 Å². The van der Waals surface area contributed by atoms with E-state index in [1.165, 1.54) is 0 Å². The van der Waals surface area contributed by atoms with E-state index in [0.717, 1.165) is 11.1 Å². The second-order valence-corrected chi connectivity index (χ2v) is 9.70. The van der Waals surface area contributed by atoms with Crippen molar-refractivity contribution in [2.24, 2.45) is 11.8 Å². The zero-order valence-corrected chi connectivity index (χ0v) is 21.8. The maximum Gasteiger partial charge on any atom is 0.475 e. The molecule has 1 aromatic carbocycles. The summed E-state index contributed by atoms with van der Waals surface area (Å²) < 4.78 is 5.29. The van der Waals surface area contributed by atoms with Gasteiger partial charge in [-0.1, -0.05) is 58.0 Å². The lowest BCUT2D eigenvalue weighted by Crippen LogP contribution is -2.58. The fourth-order valence-corrected chi connectivity index (χ4v) is 3.70. The number of ether oxygens (including phenoxy) is 1. The van der Waals surface area contributed by atoms with Crippen molar-refractivity contribution in [1.29, 1.82) is 0 Å². The average Bonchev–Trinajstić information content (AvgIpc) is 2.85. The molecule has 0 aliphatic heterocycles. The summed E-state index contributed by atoms with van der Waals surface area (Å²) in [6.07, 6.45) is 2.85. The number of rotatable bonds is 13. The Hall–Kier alpha value is -3.44. The Morgan fingerprint density at radius 3 is 2.05 bits per heavy atom. The number of alkyl carbamates (subject to hydrolysis) is 1. The van der Waals surface area contributed by atoms with Crippen LogP contribution >= 0.6 is 0 Å². The van der Waals surface area contributed by atoms with Crippen LogP contribution < -0.4 is 16.0 Å². The quantitative estimate of drug-likeness (QED) is 0.256. The van der Waals surface area contributed by atoms with Crippen LogP contribution in [0.25, 0.3) is 0 Å². The highest BCUT2D eigenvalue weighted by Crippen LogP contribution is 2.10. The summed E-state index contributed by atoms with van der Waals surface area (Å²) in [5.41, 5.74) is 1.55. The van der Waals surface area contributed by atoms with Crippen molar-refractivity contribution in [3.63, 3.8) is 0 Å². The zero-order valence-electron chi connectivity index (χ0n) is 21.8. The maximum absolute atomic E-state index is 13.3. The SMILES string of the molecule is CC(C)C[C@H](NC(=O)C(Cc1ccncc1)NC(=O)OCc1ccccc1)C(=O)N[C@H](B(O)O)C(C)C. The summed E-state index contributed by atoms with van der Waals surface area (Å²) >= 11 is 0. The number of nitrogens with one attached hydrogen (secondary N) is 3. The molecule has 10 nitrogen and oxygen atoms in total. The van der Waals surface area contributed by atoms with Crippen molar-refractivity contribution in [3.8, 4) is 0 Å². The molecule has 2 rings (SSSR count). The number of amides is 3. The number of nitrogens with zero attached hydrogens (tertiary/aromatic N) is 1. The molecule has 1 unspecified atom stereocenters. The molecule has 0 aliphatic carbocycles. The molecule has 5 N–H and O–H groups in total. The average molecular weight is 512 g/mol. The van der Waals surface area contributed by atoms with E-state index < -0.39 is 43.1 Å². The number of pyridine rings is 1. The zero-order chi connectivity index (χ0) is 27.4. The monoisotopic (exact) mass is 512 g/mol. The first-order valence-electron chi connectivity index (χ1n) is 12.4. The first-order valence-corrected chi connectivity index (χ1v) is 12.4. The first-order chi connectivity index (χ1) is 17.6. The number of hydrogen-bond donors (Lipinski definition) is 5. The van der Waals surface area contributed by atoms with E-state index in [9.17, 15) is 24.4 Å². The number of hydrogen-bond acceptors (Lipinski definition) is 7. The number of carbonyl (C=O) groups is 3. The van der Waals surface area contributed by atoms with Gasteiger partial charge in [-0.3, -0.25) is 14.6 Å². The van der Waals surface area contributed by atoms with E-state index in [0.29, 0.717) is 6.42 Å². The molecule has 0 aliphatic rings. The molecule has 37 heavy (non-hydrogen) atoms. The Labute approximate surface area is 218 Å². The van der Waals surface area contributed by atoms with E-state index in [1.54, 1.807) is 38.4 Å². The number of carbonyl (C=O) groups excluding carboxylic acids is 3. The Balaban J connectivity index is 2.15. The summed E-state index contributed by atoms with van der Waals surface area (Å²) in [4.78, 5) is 42.9. The van der Waals surface area contributed by atoms with Crippen molar-refractivity contribution in [2.45, 2.75) is 65.2 Å². The van der Waals surface area contributed by atoms with Crippen LogP contribution in [0.1, 0.15) is 45.2 Å². The van der Waals surface area contributed by atoms with Gasteiger partial charge in [-0.15, -0.1) is 0 Å². The highest BCUT2D eigenvalue weighted by Gasteiger charge is 2.33. The number of aromatic nitrogens is 1. The molecule has 0 radical (unpaired) electrons. The molecule has 0 fully saturated rings. The van der Waals surface area contributed by atoms with Crippen LogP contribution in [0.15, 0.2) is 54.9 Å². The Kier molecular flexibility index (Phi) is 12.0. The van der Waals surface area contributed by atoms with Crippen LogP contribution in [-0.4, -0.2) is 58.1 Å². The third kappa shape index (κ3) is 10.6. The van der Waals surface area contributed by atoms with E-state index in [2.05, 4.69) is 20.9 Å². The maximum atomic E-state index is 13.3. The smallest absolute Gasteiger partial charge is 0.445 e. The Morgan fingerprint density at radius 1 is 0.865 bits per heavy atom. The van der Waals surface area contributed by atoms with E-state index >= 15 is 0 Å². The van der Waals surface area contributed by atoms with Gasteiger partial charge in [0.25, 0.3) is 0 Å². The van der Waals surface area contributed by atoms with Gasteiger partial charge >= 0.3 is 13.2 Å². The van der Waals surface area contributed by atoms with Crippen molar-refractivity contribution >= 4 is 25.0 Å². The van der Waals surface area contributed by atoms with Crippen LogP contribution in [0, 0.1) is 11.8 Å². The largest absolute Gasteiger partial charge is 0.475 e. The van der Waals surface area contributed by atoms with Gasteiger partial charge in [0, 0.05) is 18.8 Å². The minimum Gasteiger partial charge on any atom is -0.445 e. The first kappa shape index (κ1) is 29.8. The summed E-state index contributed by atoms with van der Waals surface area (Å²) in [5, 5.41) is 27.3. The van der Waals surface area contributed by atoms with Crippen LogP contribution in [0.5, 0.6) is 0 Å². The third-order valence-electron chi connectivity index (χ3n) is 5.70. The Morgan fingerprint density at radius 2 is 1.49 bits per heavy atom. The van der Waals surface area contributed by atoms with Crippen LogP contribution in [-0.2, 0) is 27.4 Å². The fourth-order valence-electron chi connectivity index (χ4n) is 3.70. The highest BCUT2D eigenvalue weighted by molar-refractivity contribution is 6.43. The molecular formula is C26H37BN4O6. The molecular weight excluding hydrogens is 475 g/mol. The minimum absolute atomic E-state index is 0.0364. The van der Waals surface area contributed by atoms with Crippen LogP contribution in [0.3, 0.4) is 0 Å². The minimum atomic E-state index is -1.75. The predicted molar refractivity (Wildman–Crippen MR) is 140 cm³/mol. The summed E-state index contributed by atoms with van der Waals surface area (Å²) in [6.45, 7) is 7.34. The van der Waals surface area contributed by atoms with Crippen molar-refractivity contribution in [2.75, 3.05) is 0 Å². The van der Waals surface area contributed by atoms with Gasteiger partial charge in [0.05, 0.1) is 5.94 Å². The van der Waals surface area contributed by atoms with Crippen molar-refractivity contribution < 1.29 is 29.2 Å².